The summed E-state index contributed by atoms with van der Waals surface area (Å²) in [5, 5.41) is 18.4. The van der Waals surface area contributed by atoms with Crippen molar-refractivity contribution in [3.05, 3.63) is 12.2 Å². The van der Waals surface area contributed by atoms with E-state index < -0.39 is 0 Å². The number of hydrogen-bond donors (Lipinski definition) is 1. The summed E-state index contributed by atoms with van der Waals surface area (Å²) in [6, 6.07) is 2.45. The van der Waals surface area contributed by atoms with Crippen LogP contribution in [0.3, 0.4) is 0 Å². The van der Waals surface area contributed by atoms with E-state index >= 15 is 0 Å². The molecule has 22 fully saturated rings. The van der Waals surface area contributed by atoms with Crippen molar-refractivity contribution in [1.29, 1.82) is 5.26 Å². The van der Waals surface area contributed by atoms with Gasteiger partial charge in [-0.1, -0.05) is 277 Å². The van der Waals surface area contributed by atoms with Crippen LogP contribution in [0.2, 0.25) is 0 Å². The summed E-state index contributed by atoms with van der Waals surface area (Å²) in [5.74, 6) is 47.5. The van der Waals surface area contributed by atoms with Gasteiger partial charge in [0.05, 0.1) is 6.07 Å². The van der Waals surface area contributed by atoms with Crippen LogP contribution < -0.4 is 0 Å². The van der Waals surface area contributed by atoms with E-state index in [0.717, 1.165) is 237 Å². The number of allylic oxidation sites excluding steroid dienone is 2. The molecule has 0 spiro atoms. The lowest BCUT2D eigenvalue weighted by Gasteiger charge is -2.41. The van der Waals surface area contributed by atoms with Gasteiger partial charge >= 0.3 is 5.97 Å². The van der Waals surface area contributed by atoms with Crippen molar-refractivity contribution in [2.45, 2.75) is 437 Å². The summed E-state index contributed by atoms with van der Waals surface area (Å²) in [6.07, 6.45) is 42.1. The minimum atomic E-state index is -0.114. The highest BCUT2D eigenvalue weighted by molar-refractivity contribution is 6.21. The summed E-state index contributed by atoms with van der Waals surface area (Å²) in [5.41, 5.74) is 0. The number of carbonyl (C=O) groups excluding carboxylic acids is 1. The fourth-order valence-electron chi connectivity index (χ4n) is 35.1. The van der Waals surface area contributed by atoms with Crippen LogP contribution in [0.1, 0.15) is 426 Å². The third-order valence-corrected chi connectivity index (χ3v) is 43.2. The van der Waals surface area contributed by atoms with Crippen LogP contribution in [0.5, 0.6) is 0 Å². The SMILES string of the molecule is C.C.C.C.C.C.C.C.C.C.C.C.C.C.C.C.C.C.CC(=O)OC1CC2CC1C(C)C2C.CC1C(C)C2CC1C1C3CCC(C3)C21.CC1C(C)C2CC1C1C=CCC12.CC1C(C)C2CC1C1CCCC21.CC1C2CC(C#N)C(C2)C1C.CC1C2CC(CO)C(C2)C1C.CC1C2CC(Cl)C(C2)C1C.CC1C2CCC(C2)C1C.CC1CC2C3CCC(C3)C2C1C. The second kappa shape index (κ2) is 51.3. The average Bonchev–Trinajstić information content (AvgIpc) is 1.54. The zero-order valence-corrected chi connectivity index (χ0v) is 71.3. The fourth-order valence-corrected chi connectivity index (χ4v) is 35.7. The summed E-state index contributed by atoms with van der Waals surface area (Å²) < 4.78 is 5.32. The molecule has 0 aliphatic heterocycles. The monoisotopic (exact) mass is 1740 g/mol. The highest BCUT2D eigenvalue weighted by Crippen LogP contribution is 2.71. The van der Waals surface area contributed by atoms with E-state index in [2.05, 4.69) is 143 Å². The van der Waals surface area contributed by atoms with Gasteiger partial charge in [0.2, 0.25) is 0 Å². The minimum absolute atomic E-state index is 0. The van der Waals surface area contributed by atoms with E-state index in [4.69, 9.17) is 26.7 Å². The topological polar surface area (TPSA) is 70.3 Å². The quantitative estimate of drug-likeness (QED) is 0.129. The molecule has 23 rings (SSSR count). The van der Waals surface area contributed by atoms with Gasteiger partial charge in [-0.15, -0.1) is 11.6 Å². The number of fused-ring (bicyclic) bond motifs is 34. The van der Waals surface area contributed by atoms with Crippen molar-refractivity contribution in [2.75, 3.05) is 6.61 Å². The van der Waals surface area contributed by atoms with Gasteiger partial charge in [-0.2, -0.15) is 5.26 Å². The summed E-state index contributed by atoms with van der Waals surface area (Å²) in [4.78, 5) is 10.8. The van der Waals surface area contributed by atoms with Crippen LogP contribution >= 0.6 is 11.6 Å². The third-order valence-electron chi connectivity index (χ3n) is 42.7. The van der Waals surface area contributed by atoms with Crippen molar-refractivity contribution in [3.63, 3.8) is 0 Å². The Balaban J connectivity index is -0.000000632. The molecule has 0 heterocycles. The average molecular weight is 1740 g/mol. The number of alkyl halides is 1. The molecule has 0 radical (unpaired) electrons. The minimum Gasteiger partial charge on any atom is -0.462 e. The first-order valence-corrected chi connectivity index (χ1v) is 47.6. The van der Waals surface area contributed by atoms with Gasteiger partial charge in [0.1, 0.15) is 6.10 Å². The van der Waals surface area contributed by atoms with E-state index in [0.29, 0.717) is 29.7 Å². The maximum Gasteiger partial charge on any atom is 0.302 e. The summed E-state index contributed by atoms with van der Waals surface area (Å²) in [7, 11) is 0. The Bertz CT molecular complexity index is 2880. The highest BCUT2D eigenvalue weighted by atomic mass is 35.5. The molecule has 23 aliphatic carbocycles. The molecule has 0 aromatic heterocycles. The number of hydrogen-bond acceptors (Lipinski definition) is 4. The Morgan fingerprint density at radius 3 is 1.07 bits per heavy atom. The number of nitriles is 1. The second-order valence-electron chi connectivity index (χ2n) is 45.0. The van der Waals surface area contributed by atoms with Gasteiger partial charge in [0.25, 0.3) is 0 Å². The number of halogens is 1. The first-order chi connectivity index (χ1) is 49.7. The third kappa shape index (κ3) is 22.7. The van der Waals surface area contributed by atoms with Crippen molar-refractivity contribution >= 4 is 17.6 Å². The van der Waals surface area contributed by atoms with Crippen LogP contribution in [0, 0.1) is 295 Å². The molecule has 5 heteroatoms. The van der Waals surface area contributed by atoms with E-state index in [-0.39, 0.29) is 146 Å². The Kier molecular flexibility index (Phi) is 53.5. The predicted octanol–water partition coefficient (Wildman–Crippen LogP) is 36.9. The van der Waals surface area contributed by atoms with Crippen LogP contribution in [-0.2, 0) is 9.53 Å². The molecule has 50 atom stereocenters. The molecule has 23 aliphatic rings. The van der Waals surface area contributed by atoms with E-state index in [1.807, 2.05) is 0 Å². The standard InChI is InChI=1S/C14H22.2C12H20.C12H18.C11H18O2.C10H15N.C10H18O.C9H15Cl.C9H16.18CH4/c1-7-8(2)12-6-11(7)13-9-3-4-10(5-9)14(12)13;1-7-5-11-9-3-4-10(6-9)12(11)8(7)2;2*1-7-8(2)12-6-11(7)9-4-3-5-10(9)12;1-6-7(2)10-4-9(6)5-11(10)13-8(3)12;2*1-6-7(2)10-4-8(6)3-9(10)5-11;1-5-6(2)8-3-7(5)4-9(8)10;1-6-7(2)9-4-3-8(6)5-9;;;;;;;;;;;;;;;;;;/h7-14H,3-6H2,1-2H3;2*7-12H,3-6H2,1-2H3;3-4,7-12H,5-6H2,1-2H3;6-7,9-11H,4-5H2,1-3H3;6-10H,3-4H2,1-2H3;6-11H,3-5H2,1-2H3;5-9H,3-4H2,1-2H3;6-9H,3-5H2,1-2H3;18*1H4. The number of ether oxygens (including phenoxy) is 1. The first kappa shape index (κ1) is 127. The molecular weight excluding hydrogens is 1500 g/mol. The number of nitrogens with zero attached hydrogens (tertiary/aromatic N) is 1. The molecule has 732 valence electrons. The lowest BCUT2D eigenvalue weighted by Crippen LogP contribution is -2.35. The lowest BCUT2D eigenvalue weighted by molar-refractivity contribution is -0.150. The first-order valence-electron chi connectivity index (χ1n) is 47.2. The number of esters is 1. The Morgan fingerprint density at radius 1 is 0.320 bits per heavy atom. The van der Waals surface area contributed by atoms with Gasteiger partial charge in [-0.3, -0.25) is 4.79 Å². The van der Waals surface area contributed by atoms with Crippen LogP contribution in [-0.4, -0.2) is 29.2 Å². The zero-order chi connectivity index (χ0) is 73.7. The number of aliphatic hydroxyl groups is 1. The molecule has 122 heavy (non-hydrogen) atoms. The molecule has 0 aromatic carbocycles. The van der Waals surface area contributed by atoms with Gasteiger partial charge in [0.15, 0.2) is 0 Å². The molecular formula is C117H234ClNO3. The Morgan fingerprint density at radius 2 is 0.672 bits per heavy atom. The smallest absolute Gasteiger partial charge is 0.302 e. The molecule has 0 saturated heterocycles. The second-order valence-corrected chi connectivity index (χ2v) is 45.6. The van der Waals surface area contributed by atoms with Crippen molar-refractivity contribution in [3.8, 4) is 6.07 Å². The summed E-state index contributed by atoms with van der Waals surface area (Å²) in [6.45, 7) is 45.6. The van der Waals surface area contributed by atoms with E-state index in [1.54, 1.807) is 89.9 Å². The van der Waals surface area contributed by atoms with Gasteiger partial charge in [-0.05, 0) is 432 Å². The van der Waals surface area contributed by atoms with E-state index in [1.165, 1.54) is 107 Å². The van der Waals surface area contributed by atoms with Gasteiger partial charge < -0.3 is 9.84 Å². The van der Waals surface area contributed by atoms with Gasteiger partial charge in [-0.25, -0.2) is 0 Å². The van der Waals surface area contributed by atoms with Crippen molar-refractivity contribution < 1.29 is 14.6 Å². The van der Waals surface area contributed by atoms with Gasteiger partial charge in [0, 0.05) is 24.8 Å². The number of rotatable bonds is 2. The number of aliphatic hydroxyl groups excluding tert-OH is 1. The zero-order valence-electron chi connectivity index (χ0n) is 70.5. The normalized spacial score (nSPS) is 50.3. The number of carbonyl (C=O) groups is 1. The molecule has 20 bridgehead atoms. The Labute approximate surface area is 778 Å². The molecule has 0 aromatic rings. The molecule has 22 saturated carbocycles. The molecule has 0 amide bonds. The lowest BCUT2D eigenvalue weighted by atomic mass is 9.64. The van der Waals surface area contributed by atoms with Crippen LogP contribution in [0.25, 0.3) is 0 Å². The summed E-state index contributed by atoms with van der Waals surface area (Å²) >= 11 is 6.17. The maximum atomic E-state index is 10.8. The Hall–Kier alpha value is -1.05. The highest BCUT2D eigenvalue weighted by Gasteiger charge is 2.64. The van der Waals surface area contributed by atoms with E-state index in [9.17, 15) is 4.79 Å². The van der Waals surface area contributed by atoms with Crippen LogP contribution in [0.4, 0.5) is 0 Å². The van der Waals surface area contributed by atoms with Crippen molar-refractivity contribution in [2.24, 2.45) is 284 Å². The van der Waals surface area contributed by atoms with Crippen molar-refractivity contribution in [1.82, 2.24) is 0 Å². The predicted molar refractivity (Wildman–Crippen MR) is 553 cm³/mol. The molecule has 4 nitrogen and oxygen atoms in total. The molecule has 1 N–H and O–H groups in total. The largest absolute Gasteiger partial charge is 0.462 e. The van der Waals surface area contributed by atoms with Crippen LogP contribution in [0.15, 0.2) is 12.2 Å². The maximum absolute atomic E-state index is 10.8. The molecule has 50 unspecified atom stereocenters. The fraction of sp³-hybridized carbons (Fsp3) is 0.966.